The number of primary amides is 1. The topological polar surface area (TPSA) is 133 Å². The van der Waals surface area contributed by atoms with Crippen molar-refractivity contribution in [3.05, 3.63) is 0 Å². The van der Waals surface area contributed by atoms with Crippen molar-refractivity contribution < 1.29 is 9.53 Å². The maximum absolute atomic E-state index is 11.1. The molecule has 1 fully saturated rings. The van der Waals surface area contributed by atoms with E-state index in [4.69, 9.17) is 10.5 Å². The molecular formula is C13H20N8O2. The normalized spacial score (nSPS) is 14.4. The molecule has 0 aliphatic carbocycles. The highest BCUT2D eigenvalue weighted by molar-refractivity contribution is 5.79. The van der Waals surface area contributed by atoms with E-state index in [2.05, 4.69) is 20.3 Å². The summed E-state index contributed by atoms with van der Waals surface area (Å²) in [5.41, 5.74) is 5.16. The fraction of sp³-hybridized carbons (Fsp3) is 0.615. The van der Waals surface area contributed by atoms with Gasteiger partial charge in [-0.1, -0.05) is 0 Å². The molecule has 0 atom stereocenters. The minimum Gasteiger partial charge on any atom is -0.378 e. The molecule has 0 unspecified atom stereocenters. The first kappa shape index (κ1) is 16.7. The Hall–Kier alpha value is -2.67. The summed E-state index contributed by atoms with van der Waals surface area (Å²) in [4.78, 5) is 27.0. The summed E-state index contributed by atoms with van der Waals surface area (Å²) in [6, 6.07) is 0.106. The maximum atomic E-state index is 11.1. The monoisotopic (exact) mass is 320 g/mol. The zero-order valence-electron chi connectivity index (χ0n) is 13.2. The van der Waals surface area contributed by atoms with Crippen molar-refractivity contribution in [1.82, 2.24) is 15.0 Å². The minimum atomic E-state index is -0.641. The average Bonchev–Trinajstić information content (AvgIpc) is 2.52. The van der Waals surface area contributed by atoms with Crippen LogP contribution in [0.1, 0.15) is 13.8 Å². The second-order valence-electron chi connectivity index (χ2n) is 5.31. The number of ether oxygens (including phenoxy) is 1. The van der Waals surface area contributed by atoms with Crippen LogP contribution in [0.25, 0.3) is 0 Å². The summed E-state index contributed by atoms with van der Waals surface area (Å²) in [6.07, 6.45) is 1.87. The third kappa shape index (κ3) is 4.65. The van der Waals surface area contributed by atoms with Crippen LogP contribution in [0.15, 0.2) is 0 Å². The number of amides is 1. The van der Waals surface area contributed by atoms with Crippen LogP contribution in [-0.4, -0.2) is 59.7 Å². The number of aromatic nitrogens is 3. The second kappa shape index (κ2) is 7.55. The van der Waals surface area contributed by atoms with Gasteiger partial charge in [-0.3, -0.25) is 4.79 Å². The van der Waals surface area contributed by atoms with E-state index in [0.717, 1.165) is 4.90 Å². The molecular weight excluding hydrogens is 300 g/mol. The van der Waals surface area contributed by atoms with Gasteiger partial charge in [-0.25, -0.2) is 4.90 Å². The van der Waals surface area contributed by atoms with E-state index < -0.39 is 5.91 Å². The lowest BCUT2D eigenvalue weighted by Gasteiger charge is -2.27. The van der Waals surface area contributed by atoms with Crippen molar-refractivity contribution in [2.45, 2.75) is 19.9 Å². The lowest BCUT2D eigenvalue weighted by Crippen LogP contribution is -2.38. The largest absolute Gasteiger partial charge is 0.378 e. The number of nitrogens with two attached hydrogens (primary N) is 1. The number of carbonyl (C=O) groups excluding carboxylic acids is 1. The van der Waals surface area contributed by atoms with Crippen molar-refractivity contribution in [3.63, 3.8) is 0 Å². The van der Waals surface area contributed by atoms with E-state index >= 15 is 0 Å². The van der Waals surface area contributed by atoms with Crippen molar-refractivity contribution in [1.29, 1.82) is 5.26 Å². The SMILES string of the molecule is CC(C)Nc1nc(N(C#N)CC(N)=O)nc(N2CCOCC2)n1. The molecule has 124 valence electrons. The maximum Gasteiger partial charge on any atom is 0.245 e. The van der Waals surface area contributed by atoms with Crippen LogP contribution in [0.3, 0.4) is 0 Å². The fourth-order valence-corrected chi connectivity index (χ4v) is 2.01. The molecule has 2 heterocycles. The highest BCUT2D eigenvalue weighted by Crippen LogP contribution is 2.17. The molecule has 23 heavy (non-hydrogen) atoms. The molecule has 3 N–H and O–H groups in total. The predicted molar refractivity (Wildman–Crippen MR) is 83.8 cm³/mol. The van der Waals surface area contributed by atoms with Gasteiger partial charge in [0, 0.05) is 19.1 Å². The molecule has 2 rings (SSSR count). The van der Waals surface area contributed by atoms with E-state index in [1.807, 2.05) is 24.9 Å². The number of hydrogen-bond acceptors (Lipinski definition) is 9. The van der Waals surface area contributed by atoms with Crippen molar-refractivity contribution >= 4 is 23.8 Å². The fourth-order valence-electron chi connectivity index (χ4n) is 2.01. The third-order valence-corrected chi connectivity index (χ3v) is 3.00. The molecule has 1 aliphatic heterocycles. The van der Waals surface area contributed by atoms with E-state index in [0.29, 0.717) is 38.2 Å². The highest BCUT2D eigenvalue weighted by Gasteiger charge is 2.20. The Kier molecular flexibility index (Phi) is 5.48. The van der Waals surface area contributed by atoms with Gasteiger partial charge in [-0.2, -0.15) is 20.2 Å². The van der Waals surface area contributed by atoms with Gasteiger partial charge in [-0.05, 0) is 13.8 Å². The molecule has 1 amide bonds. The molecule has 10 nitrogen and oxygen atoms in total. The minimum absolute atomic E-state index is 0.0888. The molecule has 0 saturated carbocycles. The Morgan fingerprint density at radius 2 is 2.13 bits per heavy atom. The Morgan fingerprint density at radius 1 is 1.43 bits per heavy atom. The standard InChI is InChI=1S/C13H20N8O2/c1-9(2)16-11-17-12(20-3-5-23-6-4-20)19-13(18-11)21(8-14)7-10(15)22/h9H,3-7H2,1-2H3,(H2,15,22)(H,16,17,18,19). The first-order valence-electron chi connectivity index (χ1n) is 7.30. The molecule has 1 aromatic heterocycles. The number of nitrogens with zero attached hydrogens (tertiary/aromatic N) is 6. The van der Waals surface area contributed by atoms with Crippen LogP contribution in [0.4, 0.5) is 17.8 Å². The van der Waals surface area contributed by atoms with Gasteiger partial charge < -0.3 is 20.7 Å². The summed E-state index contributed by atoms with van der Waals surface area (Å²) in [6.45, 7) is 6.06. The summed E-state index contributed by atoms with van der Waals surface area (Å²) in [7, 11) is 0. The average molecular weight is 320 g/mol. The van der Waals surface area contributed by atoms with Crippen LogP contribution >= 0.6 is 0 Å². The van der Waals surface area contributed by atoms with Gasteiger partial charge in [0.05, 0.1) is 13.2 Å². The lowest BCUT2D eigenvalue weighted by atomic mass is 10.4. The lowest BCUT2D eigenvalue weighted by molar-refractivity contribution is -0.116. The van der Waals surface area contributed by atoms with Crippen molar-refractivity contribution in [3.8, 4) is 6.19 Å². The first-order valence-corrected chi connectivity index (χ1v) is 7.30. The number of morpholine rings is 1. The van der Waals surface area contributed by atoms with Gasteiger partial charge in [0.2, 0.25) is 23.8 Å². The number of hydrogen-bond donors (Lipinski definition) is 2. The number of anilines is 3. The molecule has 0 radical (unpaired) electrons. The van der Waals surface area contributed by atoms with E-state index in [1.165, 1.54) is 0 Å². The molecule has 1 aliphatic rings. The third-order valence-electron chi connectivity index (χ3n) is 3.00. The quantitative estimate of drug-likeness (QED) is 0.515. The Balaban J connectivity index is 2.35. The summed E-state index contributed by atoms with van der Waals surface area (Å²) < 4.78 is 5.32. The van der Waals surface area contributed by atoms with Gasteiger partial charge in [0.15, 0.2) is 6.19 Å². The van der Waals surface area contributed by atoms with Crippen LogP contribution in [0.2, 0.25) is 0 Å². The van der Waals surface area contributed by atoms with Crippen LogP contribution < -0.4 is 20.9 Å². The number of rotatable bonds is 6. The van der Waals surface area contributed by atoms with Crippen molar-refractivity contribution in [2.24, 2.45) is 5.73 Å². The van der Waals surface area contributed by atoms with Gasteiger partial charge >= 0.3 is 0 Å². The summed E-state index contributed by atoms with van der Waals surface area (Å²) in [5, 5.41) is 12.3. The van der Waals surface area contributed by atoms with E-state index in [-0.39, 0.29) is 18.5 Å². The summed E-state index contributed by atoms with van der Waals surface area (Å²) >= 11 is 0. The first-order chi connectivity index (χ1) is 11.0. The van der Waals surface area contributed by atoms with Crippen LogP contribution in [-0.2, 0) is 9.53 Å². The van der Waals surface area contributed by atoms with Gasteiger partial charge in [-0.15, -0.1) is 0 Å². The Morgan fingerprint density at radius 3 is 2.70 bits per heavy atom. The zero-order chi connectivity index (χ0) is 16.8. The molecule has 0 spiro atoms. The van der Waals surface area contributed by atoms with Gasteiger partial charge in [0.1, 0.15) is 6.54 Å². The highest BCUT2D eigenvalue weighted by atomic mass is 16.5. The molecule has 1 saturated heterocycles. The molecule has 10 heteroatoms. The molecule has 0 aromatic carbocycles. The molecule has 1 aromatic rings. The van der Waals surface area contributed by atoms with E-state index in [1.54, 1.807) is 0 Å². The molecule has 0 bridgehead atoms. The second-order valence-corrected chi connectivity index (χ2v) is 5.31. The van der Waals surface area contributed by atoms with Crippen LogP contribution in [0, 0.1) is 11.5 Å². The smallest absolute Gasteiger partial charge is 0.245 e. The van der Waals surface area contributed by atoms with E-state index in [9.17, 15) is 10.1 Å². The number of nitriles is 1. The summed E-state index contributed by atoms with van der Waals surface area (Å²) in [5.74, 6) is 0.228. The zero-order valence-corrected chi connectivity index (χ0v) is 13.2. The van der Waals surface area contributed by atoms with Crippen LogP contribution in [0.5, 0.6) is 0 Å². The number of nitrogens with one attached hydrogen (secondary N) is 1. The Labute approximate surface area is 134 Å². The Bertz CT molecular complexity index is 594. The van der Waals surface area contributed by atoms with Crippen molar-refractivity contribution in [2.75, 3.05) is 48.0 Å². The van der Waals surface area contributed by atoms with Gasteiger partial charge in [0.25, 0.3) is 0 Å². The number of carbonyl (C=O) groups is 1. The predicted octanol–water partition coefficient (Wildman–Crippen LogP) is -0.699.